The summed E-state index contributed by atoms with van der Waals surface area (Å²) in [6.45, 7) is 12.2. The monoisotopic (exact) mass is 348 g/mol. The molecule has 0 radical (unpaired) electrons. The fraction of sp³-hybridized carbons (Fsp3) is 0.667. The second-order valence-corrected chi connectivity index (χ2v) is 8.29. The summed E-state index contributed by atoms with van der Waals surface area (Å²) in [5.41, 5.74) is 2.47. The van der Waals surface area contributed by atoms with E-state index in [1.807, 2.05) is 10.9 Å². The van der Waals surface area contributed by atoms with Crippen LogP contribution < -0.4 is 5.32 Å². The summed E-state index contributed by atoms with van der Waals surface area (Å²) in [7, 11) is 0. The molecule has 0 unspecified atom stereocenters. The fourth-order valence-corrected chi connectivity index (χ4v) is 4.04. The van der Waals surface area contributed by atoms with Gasteiger partial charge < -0.3 is 10.1 Å². The number of aryl methyl sites for hydroxylation is 1. The molecule has 6 heteroatoms. The van der Waals surface area contributed by atoms with Gasteiger partial charge in [-0.2, -0.15) is 5.10 Å². The van der Waals surface area contributed by atoms with Gasteiger partial charge in [0.1, 0.15) is 6.10 Å². The number of thiazole rings is 1. The van der Waals surface area contributed by atoms with Gasteiger partial charge in [-0.3, -0.25) is 4.68 Å². The highest BCUT2D eigenvalue weighted by Crippen LogP contribution is 2.34. The molecule has 0 amide bonds. The van der Waals surface area contributed by atoms with Crippen molar-refractivity contribution in [2.75, 3.05) is 13.2 Å². The van der Waals surface area contributed by atoms with Crippen molar-refractivity contribution in [2.45, 2.75) is 58.7 Å². The van der Waals surface area contributed by atoms with Gasteiger partial charge in [-0.25, -0.2) is 4.98 Å². The summed E-state index contributed by atoms with van der Waals surface area (Å²) in [6.07, 6.45) is 3.12. The lowest BCUT2D eigenvalue weighted by atomic mass is 9.98. The smallest absolute Gasteiger partial charge is 0.103 e. The normalized spacial score (nSPS) is 21.5. The van der Waals surface area contributed by atoms with E-state index >= 15 is 0 Å². The van der Waals surface area contributed by atoms with Crippen LogP contribution in [-0.2, 0) is 23.2 Å². The lowest BCUT2D eigenvalue weighted by Gasteiger charge is -2.19. The lowest BCUT2D eigenvalue weighted by Crippen LogP contribution is -2.26. The van der Waals surface area contributed by atoms with Gasteiger partial charge in [-0.15, -0.1) is 11.3 Å². The van der Waals surface area contributed by atoms with Gasteiger partial charge in [0.25, 0.3) is 0 Å². The highest BCUT2D eigenvalue weighted by molar-refractivity contribution is 7.09. The van der Waals surface area contributed by atoms with Gasteiger partial charge in [0.2, 0.25) is 0 Å². The van der Waals surface area contributed by atoms with Crippen LogP contribution in [-0.4, -0.2) is 27.9 Å². The first-order valence-corrected chi connectivity index (χ1v) is 9.66. The van der Waals surface area contributed by atoms with Gasteiger partial charge in [-0.05, 0) is 19.4 Å². The van der Waals surface area contributed by atoms with E-state index in [1.165, 1.54) is 10.7 Å². The van der Waals surface area contributed by atoms with Crippen LogP contribution in [0.2, 0.25) is 0 Å². The lowest BCUT2D eigenvalue weighted by molar-refractivity contribution is 0.0830. The van der Waals surface area contributed by atoms with Crippen LogP contribution >= 0.6 is 11.3 Å². The number of ether oxygens (including phenoxy) is 1. The molecule has 2 aromatic rings. The van der Waals surface area contributed by atoms with Crippen molar-refractivity contribution in [1.82, 2.24) is 20.1 Å². The topological polar surface area (TPSA) is 52.0 Å². The molecule has 5 nitrogen and oxygen atoms in total. The zero-order chi connectivity index (χ0) is 17.2. The third-order valence-corrected chi connectivity index (χ3v) is 5.78. The minimum Gasteiger partial charge on any atom is -0.372 e. The molecule has 2 atom stereocenters. The predicted octanol–water partition coefficient (Wildman–Crippen LogP) is 3.52. The molecule has 1 aliphatic rings. The van der Waals surface area contributed by atoms with Gasteiger partial charge in [0, 0.05) is 49.2 Å². The molecule has 3 rings (SSSR count). The second-order valence-electron chi connectivity index (χ2n) is 7.44. The first kappa shape index (κ1) is 17.6. The molecule has 1 fully saturated rings. The van der Waals surface area contributed by atoms with Crippen LogP contribution in [0.5, 0.6) is 0 Å². The second kappa shape index (κ2) is 7.33. The Morgan fingerprint density at radius 2 is 2.25 bits per heavy atom. The van der Waals surface area contributed by atoms with Crippen molar-refractivity contribution < 1.29 is 4.74 Å². The molecule has 0 aliphatic carbocycles. The van der Waals surface area contributed by atoms with Crippen molar-refractivity contribution in [1.29, 1.82) is 0 Å². The molecule has 3 heterocycles. The van der Waals surface area contributed by atoms with E-state index in [2.05, 4.69) is 49.6 Å². The number of rotatable bonds is 6. The Labute approximate surface area is 148 Å². The minimum atomic E-state index is 0.131. The van der Waals surface area contributed by atoms with Crippen molar-refractivity contribution in [3.63, 3.8) is 0 Å². The maximum absolute atomic E-state index is 5.99. The molecule has 0 spiro atoms. The Kier molecular flexibility index (Phi) is 5.37. The van der Waals surface area contributed by atoms with Crippen LogP contribution in [0.1, 0.15) is 56.6 Å². The number of aromatic nitrogens is 3. The molecule has 0 aromatic carbocycles. The van der Waals surface area contributed by atoms with Crippen molar-refractivity contribution in [3.05, 3.63) is 34.0 Å². The first-order valence-electron chi connectivity index (χ1n) is 8.78. The maximum Gasteiger partial charge on any atom is 0.103 e. The van der Waals surface area contributed by atoms with Gasteiger partial charge >= 0.3 is 0 Å². The highest BCUT2D eigenvalue weighted by atomic mass is 32.1. The summed E-state index contributed by atoms with van der Waals surface area (Å²) >= 11 is 1.76. The summed E-state index contributed by atoms with van der Waals surface area (Å²) in [6, 6.07) is 2.09. The van der Waals surface area contributed by atoms with E-state index in [9.17, 15) is 0 Å². The maximum atomic E-state index is 5.99. The largest absolute Gasteiger partial charge is 0.372 e. The minimum absolute atomic E-state index is 0.131. The molecule has 1 N–H and O–H groups in total. The number of hydrogen-bond acceptors (Lipinski definition) is 5. The summed E-state index contributed by atoms with van der Waals surface area (Å²) in [4.78, 5) is 4.75. The SMILES string of the molecule is CCn1nccc1[C@@H]1OCC[C@H]1CNCc1csc(C(C)(C)C)n1. The van der Waals surface area contributed by atoms with E-state index < -0.39 is 0 Å². The average Bonchev–Trinajstić information content (AvgIpc) is 3.26. The van der Waals surface area contributed by atoms with E-state index in [-0.39, 0.29) is 11.5 Å². The van der Waals surface area contributed by atoms with Crippen LogP contribution in [0.25, 0.3) is 0 Å². The molecule has 0 bridgehead atoms. The Hall–Kier alpha value is -1.24. The zero-order valence-corrected chi connectivity index (χ0v) is 15.9. The fourth-order valence-electron chi connectivity index (χ4n) is 3.14. The number of nitrogens with one attached hydrogen (secondary N) is 1. The highest BCUT2D eigenvalue weighted by Gasteiger charge is 2.31. The zero-order valence-electron chi connectivity index (χ0n) is 15.1. The standard InChI is InChI=1S/C18H28N4OS/c1-5-22-15(6-8-20-22)16-13(7-9-23-16)10-19-11-14-12-24-17(21-14)18(2,3)4/h6,8,12-13,16,19H,5,7,9-11H2,1-4H3/t13-,16+/m0/s1. The summed E-state index contributed by atoms with van der Waals surface area (Å²) < 4.78 is 8.03. The van der Waals surface area contributed by atoms with E-state index in [4.69, 9.17) is 9.72 Å². The molecular formula is C18H28N4OS. The van der Waals surface area contributed by atoms with Crippen molar-refractivity contribution in [2.24, 2.45) is 5.92 Å². The Balaban J connectivity index is 1.55. The summed E-state index contributed by atoms with van der Waals surface area (Å²) in [5.74, 6) is 0.493. The average molecular weight is 349 g/mol. The van der Waals surface area contributed by atoms with Gasteiger partial charge in [-0.1, -0.05) is 20.8 Å². The molecular weight excluding hydrogens is 320 g/mol. The van der Waals surface area contributed by atoms with Gasteiger partial charge in [0.05, 0.1) is 16.4 Å². The van der Waals surface area contributed by atoms with Gasteiger partial charge in [0.15, 0.2) is 0 Å². The number of nitrogens with zero attached hydrogens (tertiary/aromatic N) is 3. The van der Waals surface area contributed by atoms with Crippen LogP contribution in [0, 0.1) is 5.92 Å². The third-order valence-electron chi connectivity index (χ3n) is 4.46. The van der Waals surface area contributed by atoms with E-state index in [0.29, 0.717) is 5.92 Å². The Morgan fingerprint density at radius 3 is 2.96 bits per heavy atom. The number of hydrogen-bond donors (Lipinski definition) is 1. The molecule has 1 saturated heterocycles. The van der Waals surface area contributed by atoms with E-state index in [0.717, 1.165) is 38.4 Å². The molecule has 1 aliphatic heterocycles. The molecule has 24 heavy (non-hydrogen) atoms. The predicted molar refractivity (Wildman–Crippen MR) is 97.2 cm³/mol. The Morgan fingerprint density at radius 1 is 1.42 bits per heavy atom. The molecule has 0 saturated carbocycles. The van der Waals surface area contributed by atoms with Crippen LogP contribution in [0.4, 0.5) is 0 Å². The van der Waals surface area contributed by atoms with E-state index in [1.54, 1.807) is 11.3 Å². The van der Waals surface area contributed by atoms with Crippen LogP contribution in [0.15, 0.2) is 17.6 Å². The molecule has 132 valence electrons. The summed E-state index contributed by atoms with van der Waals surface area (Å²) in [5, 5.41) is 11.3. The van der Waals surface area contributed by atoms with Crippen molar-refractivity contribution >= 4 is 11.3 Å². The Bertz CT molecular complexity index is 658. The molecule has 2 aromatic heterocycles. The van der Waals surface area contributed by atoms with Crippen LogP contribution in [0.3, 0.4) is 0 Å². The third kappa shape index (κ3) is 3.87. The first-order chi connectivity index (χ1) is 11.5. The van der Waals surface area contributed by atoms with Crippen molar-refractivity contribution in [3.8, 4) is 0 Å². The quantitative estimate of drug-likeness (QED) is 0.868.